The molecular formula is C26H28FN3O3. The zero-order valence-electron chi connectivity index (χ0n) is 18.5. The maximum Gasteiger partial charge on any atom is 0.253 e. The highest BCUT2D eigenvalue weighted by Gasteiger charge is 2.39. The summed E-state index contributed by atoms with van der Waals surface area (Å²) < 4.78 is 13.5. The van der Waals surface area contributed by atoms with E-state index in [9.17, 15) is 18.8 Å². The number of benzene rings is 2. The van der Waals surface area contributed by atoms with Gasteiger partial charge in [0.25, 0.3) is 11.8 Å². The molecule has 0 aromatic heterocycles. The third-order valence-electron chi connectivity index (χ3n) is 7.25. The Morgan fingerprint density at radius 3 is 2.45 bits per heavy atom. The third kappa shape index (κ3) is 4.36. The van der Waals surface area contributed by atoms with Crippen LogP contribution in [-0.2, 0) is 4.79 Å². The fourth-order valence-electron chi connectivity index (χ4n) is 5.47. The molecule has 2 fully saturated rings. The van der Waals surface area contributed by atoms with Crippen molar-refractivity contribution < 1.29 is 18.8 Å². The first-order chi connectivity index (χ1) is 16.0. The van der Waals surface area contributed by atoms with Crippen molar-refractivity contribution in [2.75, 3.05) is 18.4 Å². The molecule has 1 atom stereocenters. The van der Waals surface area contributed by atoms with E-state index >= 15 is 0 Å². The quantitative estimate of drug-likeness (QED) is 0.738. The van der Waals surface area contributed by atoms with Crippen molar-refractivity contribution in [1.82, 2.24) is 10.2 Å². The number of anilines is 1. The Kier molecular flexibility index (Phi) is 5.87. The lowest BCUT2D eigenvalue weighted by Gasteiger charge is -2.34. The van der Waals surface area contributed by atoms with Crippen molar-refractivity contribution in [2.24, 2.45) is 5.92 Å². The van der Waals surface area contributed by atoms with Crippen molar-refractivity contribution in [1.29, 1.82) is 0 Å². The lowest BCUT2D eigenvalue weighted by atomic mass is 9.80. The molecule has 7 heteroatoms. The number of carbonyl (C=O) groups excluding carboxylic acids is 3. The summed E-state index contributed by atoms with van der Waals surface area (Å²) >= 11 is 0. The van der Waals surface area contributed by atoms with Crippen molar-refractivity contribution >= 4 is 23.4 Å². The number of piperidine rings is 1. The molecule has 0 unspecified atom stereocenters. The fourth-order valence-corrected chi connectivity index (χ4v) is 5.47. The van der Waals surface area contributed by atoms with E-state index in [4.69, 9.17) is 0 Å². The SMILES string of the molecule is O=C(NC1CCCC1)c1ccc2c(c1)[C@H](C1CCN(C(=O)c3cccc(F)c3)CC1)C(=O)N2. The van der Waals surface area contributed by atoms with Gasteiger partial charge in [0.2, 0.25) is 5.91 Å². The Labute approximate surface area is 192 Å². The van der Waals surface area contributed by atoms with Gasteiger partial charge in [-0.25, -0.2) is 4.39 Å². The van der Waals surface area contributed by atoms with Gasteiger partial charge in [-0.2, -0.15) is 0 Å². The molecular weight excluding hydrogens is 421 g/mol. The highest BCUT2D eigenvalue weighted by Crippen LogP contribution is 2.42. The van der Waals surface area contributed by atoms with Crippen LogP contribution in [0.5, 0.6) is 0 Å². The predicted octanol–water partition coefficient (Wildman–Crippen LogP) is 4.09. The van der Waals surface area contributed by atoms with Crippen LogP contribution >= 0.6 is 0 Å². The van der Waals surface area contributed by atoms with Gasteiger partial charge < -0.3 is 15.5 Å². The Bertz CT molecular complexity index is 1090. The number of likely N-dealkylation sites (tertiary alicyclic amines) is 1. The maximum atomic E-state index is 13.5. The Balaban J connectivity index is 1.27. The van der Waals surface area contributed by atoms with Crippen molar-refractivity contribution in [3.8, 4) is 0 Å². The fraction of sp³-hybridized carbons (Fsp3) is 0.423. The van der Waals surface area contributed by atoms with Crippen LogP contribution in [0.3, 0.4) is 0 Å². The summed E-state index contributed by atoms with van der Waals surface area (Å²) in [4.78, 5) is 40.1. The van der Waals surface area contributed by atoms with Crippen LogP contribution in [0.1, 0.15) is 70.7 Å². The average Bonchev–Trinajstić information content (AvgIpc) is 3.45. The van der Waals surface area contributed by atoms with Gasteiger partial charge in [-0.05, 0) is 73.6 Å². The topological polar surface area (TPSA) is 78.5 Å². The van der Waals surface area contributed by atoms with E-state index in [2.05, 4.69) is 10.6 Å². The first-order valence-corrected chi connectivity index (χ1v) is 11.8. The van der Waals surface area contributed by atoms with Crippen LogP contribution in [0.25, 0.3) is 0 Å². The van der Waals surface area contributed by atoms with Crippen molar-refractivity contribution in [2.45, 2.75) is 50.5 Å². The number of nitrogens with zero attached hydrogens (tertiary/aromatic N) is 1. The number of carbonyl (C=O) groups is 3. The van der Waals surface area contributed by atoms with E-state index in [1.165, 1.54) is 18.2 Å². The van der Waals surface area contributed by atoms with Crippen LogP contribution in [0.15, 0.2) is 42.5 Å². The van der Waals surface area contributed by atoms with Crippen molar-refractivity contribution in [3.63, 3.8) is 0 Å². The summed E-state index contributed by atoms with van der Waals surface area (Å²) in [5.74, 6) is -0.994. The molecule has 1 saturated heterocycles. The highest BCUT2D eigenvalue weighted by molar-refractivity contribution is 6.05. The average molecular weight is 450 g/mol. The Hall–Kier alpha value is -3.22. The van der Waals surface area contributed by atoms with Gasteiger partial charge in [0.1, 0.15) is 5.82 Å². The standard InChI is InChI=1S/C26H28FN3O3/c27-19-5-3-4-18(14-19)26(33)30-12-10-16(11-13-30)23-21-15-17(8-9-22(21)29-25(23)32)24(31)28-20-6-1-2-7-20/h3-5,8-9,14-16,20,23H,1-2,6-7,10-13H2,(H,28,31)(H,29,32)/t23-/m0/s1. The van der Waals surface area contributed by atoms with Gasteiger partial charge in [0, 0.05) is 35.9 Å². The molecule has 1 saturated carbocycles. The summed E-state index contributed by atoms with van der Waals surface area (Å²) in [5.41, 5.74) is 2.56. The minimum absolute atomic E-state index is 0.0479. The summed E-state index contributed by atoms with van der Waals surface area (Å²) in [6.07, 6.45) is 5.69. The van der Waals surface area contributed by atoms with E-state index < -0.39 is 5.82 Å². The number of rotatable bonds is 4. The van der Waals surface area contributed by atoms with E-state index in [0.29, 0.717) is 37.1 Å². The predicted molar refractivity (Wildman–Crippen MR) is 123 cm³/mol. The summed E-state index contributed by atoms with van der Waals surface area (Å²) in [5, 5.41) is 6.07. The highest BCUT2D eigenvalue weighted by atomic mass is 19.1. The monoisotopic (exact) mass is 449 g/mol. The lowest BCUT2D eigenvalue weighted by molar-refractivity contribution is -0.118. The van der Waals surface area contributed by atoms with Crippen molar-refractivity contribution in [3.05, 3.63) is 65.0 Å². The van der Waals surface area contributed by atoms with Crippen LogP contribution < -0.4 is 10.6 Å². The number of hydrogen-bond donors (Lipinski definition) is 2. The zero-order chi connectivity index (χ0) is 22.9. The van der Waals surface area contributed by atoms with Gasteiger partial charge in [-0.3, -0.25) is 14.4 Å². The molecule has 2 aromatic carbocycles. The molecule has 2 aromatic rings. The molecule has 2 aliphatic heterocycles. The van der Waals surface area contributed by atoms with Gasteiger partial charge in [0.15, 0.2) is 0 Å². The summed E-state index contributed by atoms with van der Waals surface area (Å²) in [7, 11) is 0. The van der Waals surface area contributed by atoms with Crippen LogP contribution in [0.4, 0.5) is 10.1 Å². The van der Waals surface area contributed by atoms with Gasteiger partial charge in [0.05, 0.1) is 5.92 Å². The van der Waals surface area contributed by atoms with E-state index in [0.717, 1.165) is 36.9 Å². The summed E-state index contributed by atoms with van der Waals surface area (Å²) in [6, 6.07) is 11.4. The van der Waals surface area contributed by atoms with Crippen LogP contribution in [-0.4, -0.2) is 41.8 Å². The normalized spacial score (nSPS) is 21.1. The molecule has 1 aliphatic carbocycles. The minimum Gasteiger partial charge on any atom is -0.349 e. The van der Waals surface area contributed by atoms with Gasteiger partial charge in [-0.15, -0.1) is 0 Å². The molecule has 0 bridgehead atoms. The molecule has 3 aliphatic rings. The first-order valence-electron chi connectivity index (χ1n) is 11.8. The molecule has 0 spiro atoms. The molecule has 2 N–H and O–H groups in total. The number of halogens is 1. The van der Waals surface area contributed by atoms with Crippen LogP contribution in [0, 0.1) is 11.7 Å². The minimum atomic E-state index is -0.428. The molecule has 2 heterocycles. The molecule has 5 rings (SSSR count). The summed E-state index contributed by atoms with van der Waals surface area (Å²) in [6.45, 7) is 1.03. The number of nitrogens with one attached hydrogen (secondary N) is 2. The van der Waals surface area contributed by atoms with Gasteiger partial charge >= 0.3 is 0 Å². The molecule has 6 nitrogen and oxygen atoms in total. The number of amides is 3. The van der Waals surface area contributed by atoms with E-state index in [-0.39, 0.29) is 35.6 Å². The van der Waals surface area contributed by atoms with Gasteiger partial charge in [-0.1, -0.05) is 18.9 Å². The smallest absolute Gasteiger partial charge is 0.253 e. The number of hydrogen-bond acceptors (Lipinski definition) is 3. The lowest BCUT2D eigenvalue weighted by Crippen LogP contribution is -2.40. The van der Waals surface area contributed by atoms with E-state index in [1.54, 1.807) is 17.0 Å². The molecule has 0 radical (unpaired) electrons. The molecule has 172 valence electrons. The molecule has 33 heavy (non-hydrogen) atoms. The Morgan fingerprint density at radius 1 is 0.970 bits per heavy atom. The molecule has 3 amide bonds. The van der Waals surface area contributed by atoms with E-state index in [1.807, 2.05) is 12.1 Å². The largest absolute Gasteiger partial charge is 0.349 e. The second-order valence-electron chi connectivity index (χ2n) is 9.36. The second-order valence-corrected chi connectivity index (χ2v) is 9.36. The third-order valence-corrected chi connectivity index (χ3v) is 7.25. The Morgan fingerprint density at radius 2 is 1.73 bits per heavy atom. The first kappa shape index (κ1) is 21.6. The second kappa shape index (κ2) is 8.96. The zero-order valence-corrected chi connectivity index (χ0v) is 18.5. The maximum absolute atomic E-state index is 13.5. The number of fused-ring (bicyclic) bond motifs is 1. The van der Waals surface area contributed by atoms with Crippen LogP contribution in [0.2, 0.25) is 0 Å².